The largest absolute Gasteiger partial charge is 0.450 e. The highest BCUT2D eigenvalue weighted by atomic mass is 19.3. The number of esters is 1. The number of ether oxygens (including phenoxy) is 1. The van der Waals surface area contributed by atoms with Crippen molar-refractivity contribution in [3.63, 3.8) is 0 Å². The molecular weight excluding hydrogens is 406 g/mol. The molecule has 168 valence electrons. The molecule has 1 aromatic heterocycles. The predicted octanol–water partition coefficient (Wildman–Crippen LogP) is 2.40. The number of hydrogen-bond donors (Lipinski definition) is 0. The molecule has 2 fully saturated rings. The summed E-state index contributed by atoms with van der Waals surface area (Å²) in [5.41, 5.74) is 0.604. The van der Waals surface area contributed by atoms with Crippen molar-refractivity contribution in [2.75, 3.05) is 50.7 Å². The van der Waals surface area contributed by atoms with Crippen molar-refractivity contribution in [1.82, 2.24) is 14.8 Å². The number of carbonyl (C=O) groups excluding carboxylic acids is 2. The number of amides is 1. The molecule has 9 heteroatoms. The van der Waals surface area contributed by atoms with Gasteiger partial charge in [-0.3, -0.25) is 9.78 Å². The van der Waals surface area contributed by atoms with Gasteiger partial charge in [0.25, 0.3) is 12.3 Å². The molecule has 0 saturated carbocycles. The average Bonchev–Trinajstić information content (AvgIpc) is 3.03. The van der Waals surface area contributed by atoms with E-state index in [2.05, 4.69) is 16.8 Å². The van der Waals surface area contributed by atoms with Crippen LogP contribution in [0.5, 0.6) is 0 Å². The number of piperidine rings is 1. The monoisotopic (exact) mass is 434 g/mol. The Hall–Kier alpha value is -2.55. The number of halogens is 2. The molecule has 31 heavy (non-hydrogen) atoms. The zero-order valence-electron chi connectivity index (χ0n) is 17.9. The summed E-state index contributed by atoms with van der Waals surface area (Å²) < 4.78 is 31.7. The van der Waals surface area contributed by atoms with Gasteiger partial charge in [0.2, 0.25) is 0 Å². The maximum Gasteiger partial charge on any atom is 0.335 e. The molecule has 0 radical (unpaired) electrons. The average molecular weight is 434 g/mol. The van der Waals surface area contributed by atoms with Crippen LogP contribution >= 0.6 is 0 Å². The van der Waals surface area contributed by atoms with Crippen LogP contribution in [0.1, 0.15) is 38.7 Å². The molecule has 1 amide bonds. The standard InChI is InChI=1S/C22H28F2N4O3/c1-3-26-6-4-22(5-7-26)18(15(2)21(30)31-22)20(29)28-10-8-27(9-11-28)17-12-16(19(23)24)13-25-14-17/h12-14,19H,3-11H2,1-2H3. The first-order valence-electron chi connectivity index (χ1n) is 10.8. The van der Waals surface area contributed by atoms with E-state index in [-0.39, 0.29) is 11.5 Å². The van der Waals surface area contributed by atoms with E-state index >= 15 is 0 Å². The number of likely N-dealkylation sites (tertiary alicyclic amines) is 1. The zero-order valence-corrected chi connectivity index (χ0v) is 17.9. The predicted molar refractivity (Wildman–Crippen MR) is 111 cm³/mol. The summed E-state index contributed by atoms with van der Waals surface area (Å²) >= 11 is 0. The minimum atomic E-state index is -2.57. The Morgan fingerprint density at radius 3 is 2.45 bits per heavy atom. The molecule has 0 unspecified atom stereocenters. The van der Waals surface area contributed by atoms with E-state index in [1.165, 1.54) is 12.3 Å². The van der Waals surface area contributed by atoms with Crippen molar-refractivity contribution < 1.29 is 23.1 Å². The Balaban J connectivity index is 1.46. The van der Waals surface area contributed by atoms with E-state index in [0.29, 0.717) is 55.9 Å². The van der Waals surface area contributed by atoms with Crippen LogP contribution < -0.4 is 4.90 Å². The third kappa shape index (κ3) is 4.03. The maximum absolute atomic E-state index is 13.5. The molecule has 1 aromatic rings. The van der Waals surface area contributed by atoms with Crippen molar-refractivity contribution in [1.29, 1.82) is 0 Å². The molecule has 0 aliphatic carbocycles. The van der Waals surface area contributed by atoms with Gasteiger partial charge in [-0.1, -0.05) is 6.92 Å². The third-order valence-corrected chi connectivity index (χ3v) is 6.68. The lowest BCUT2D eigenvalue weighted by molar-refractivity contribution is -0.151. The molecule has 3 aliphatic heterocycles. The molecule has 7 nitrogen and oxygen atoms in total. The Labute approximate surface area is 180 Å². The molecule has 0 aromatic carbocycles. The van der Waals surface area contributed by atoms with E-state index in [1.54, 1.807) is 18.0 Å². The SMILES string of the molecule is CCN1CCC2(CC1)OC(=O)C(C)=C2C(=O)N1CCN(c2cncc(C(F)F)c2)CC1. The highest BCUT2D eigenvalue weighted by molar-refractivity contribution is 6.07. The van der Waals surface area contributed by atoms with Crippen molar-refractivity contribution >= 4 is 17.6 Å². The maximum atomic E-state index is 13.5. The Morgan fingerprint density at radius 1 is 1.16 bits per heavy atom. The van der Waals surface area contributed by atoms with Gasteiger partial charge in [-0.25, -0.2) is 13.6 Å². The molecule has 4 heterocycles. The second-order valence-electron chi connectivity index (χ2n) is 8.37. The molecule has 1 spiro atoms. The van der Waals surface area contributed by atoms with Crippen molar-refractivity contribution in [3.8, 4) is 0 Å². The fraction of sp³-hybridized carbons (Fsp3) is 0.591. The summed E-state index contributed by atoms with van der Waals surface area (Å²) in [7, 11) is 0. The Kier molecular flexibility index (Phi) is 5.96. The lowest BCUT2D eigenvalue weighted by Crippen LogP contribution is -2.53. The molecular formula is C22H28F2N4O3. The fourth-order valence-corrected chi connectivity index (χ4v) is 4.75. The Morgan fingerprint density at radius 2 is 1.84 bits per heavy atom. The van der Waals surface area contributed by atoms with Crippen LogP contribution in [0.3, 0.4) is 0 Å². The van der Waals surface area contributed by atoms with Gasteiger partial charge in [0, 0.05) is 69.4 Å². The van der Waals surface area contributed by atoms with E-state index in [1.807, 2.05) is 4.90 Å². The molecule has 4 rings (SSSR count). The fourth-order valence-electron chi connectivity index (χ4n) is 4.75. The zero-order chi connectivity index (χ0) is 22.2. The summed E-state index contributed by atoms with van der Waals surface area (Å²) in [6, 6.07) is 1.45. The van der Waals surface area contributed by atoms with E-state index in [9.17, 15) is 18.4 Å². The number of anilines is 1. The van der Waals surface area contributed by atoms with Crippen molar-refractivity contribution in [2.24, 2.45) is 0 Å². The molecule has 3 aliphatic rings. The number of hydrogen-bond acceptors (Lipinski definition) is 6. The first-order valence-corrected chi connectivity index (χ1v) is 10.8. The minimum Gasteiger partial charge on any atom is -0.450 e. The van der Waals surface area contributed by atoms with Gasteiger partial charge in [0.05, 0.1) is 17.5 Å². The van der Waals surface area contributed by atoms with Crippen LogP contribution in [0.25, 0.3) is 0 Å². The topological polar surface area (TPSA) is 66.0 Å². The summed E-state index contributed by atoms with van der Waals surface area (Å²) in [6.45, 7) is 8.19. The quantitative estimate of drug-likeness (QED) is 0.678. The van der Waals surface area contributed by atoms with Gasteiger partial charge < -0.3 is 19.4 Å². The first kappa shape index (κ1) is 21.7. The summed E-state index contributed by atoms with van der Waals surface area (Å²) in [5, 5.41) is 0. The van der Waals surface area contributed by atoms with Crippen LogP contribution in [-0.2, 0) is 14.3 Å². The number of carbonyl (C=O) groups is 2. The minimum absolute atomic E-state index is 0.112. The first-order chi connectivity index (χ1) is 14.8. The van der Waals surface area contributed by atoms with Gasteiger partial charge in [0.1, 0.15) is 5.60 Å². The van der Waals surface area contributed by atoms with Gasteiger partial charge in [0.15, 0.2) is 0 Å². The van der Waals surface area contributed by atoms with E-state index < -0.39 is 18.0 Å². The van der Waals surface area contributed by atoms with Crippen molar-refractivity contribution in [3.05, 3.63) is 35.2 Å². The third-order valence-electron chi connectivity index (χ3n) is 6.68. The van der Waals surface area contributed by atoms with Gasteiger partial charge in [-0.05, 0) is 19.5 Å². The van der Waals surface area contributed by atoms with Gasteiger partial charge in [-0.15, -0.1) is 0 Å². The number of aromatic nitrogens is 1. The van der Waals surface area contributed by atoms with E-state index in [0.717, 1.165) is 19.6 Å². The summed E-state index contributed by atoms with van der Waals surface area (Å²) in [5.74, 6) is -0.547. The van der Waals surface area contributed by atoms with Crippen LogP contribution in [0.2, 0.25) is 0 Å². The number of nitrogens with zero attached hydrogens (tertiary/aromatic N) is 4. The number of alkyl halides is 2. The second kappa shape index (κ2) is 8.53. The summed E-state index contributed by atoms with van der Waals surface area (Å²) in [4.78, 5) is 35.7. The Bertz CT molecular complexity index is 888. The van der Waals surface area contributed by atoms with Gasteiger partial charge in [-0.2, -0.15) is 0 Å². The van der Waals surface area contributed by atoms with E-state index in [4.69, 9.17) is 4.74 Å². The number of pyridine rings is 1. The molecule has 0 bridgehead atoms. The highest BCUT2D eigenvalue weighted by Crippen LogP contribution is 2.42. The smallest absolute Gasteiger partial charge is 0.335 e. The normalized spacial score (nSPS) is 21.9. The van der Waals surface area contributed by atoms with Crippen molar-refractivity contribution in [2.45, 2.75) is 38.7 Å². The van der Waals surface area contributed by atoms with Crippen LogP contribution in [0, 0.1) is 0 Å². The van der Waals surface area contributed by atoms with Gasteiger partial charge >= 0.3 is 5.97 Å². The lowest BCUT2D eigenvalue weighted by Gasteiger charge is -2.41. The number of piperazine rings is 1. The molecule has 0 N–H and O–H groups in total. The second-order valence-corrected chi connectivity index (χ2v) is 8.37. The number of rotatable bonds is 4. The van der Waals surface area contributed by atoms with Crippen LogP contribution in [-0.4, -0.2) is 78.1 Å². The summed E-state index contributed by atoms with van der Waals surface area (Å²) in [6.07, 6.45) is 1.41. The lowest BCUT2D eigenvalue weighted by atomic mass is 9.82. The van der Waals surface area contributed by atoms with Crippen LogP contribution in [0.4, 0.5) is 14.5 Å². The molecule has 0 atom stereocenters. The van der Waals surface area contributed by atoms with Crippen LogP contribution in [0.15, 0.2) is 29.6 Å². The molecule has 2 saturated heterocycles. The highest BCUT2D eigenvalue weighted by Gasteiger charge is 2.51.